The fourth-order valence-electron chi connectivity index (χ4n) is 2.05. The topological polar surface area (TPSA) is 43.8 Å². The van der Waals surface area contributed by atoms with Crippen molar-refractivity contribution in [3.8, 4) is 0 Å². The van der Waals surface area contributed by atoms with Gasteiger partial charge in [0.2, 0.25) is 0 Å². The van der Waals surface area contributed by atoms with Gasteiger partial charge in [-0.15, -0.1) is 0 Å². The summed E-state index contributed by atoms with van der Waals surface area (Å²) in [6.45, 7) is 8.93. The first-order valence-corrected chi connectivity index (χ1v) is 6.87. The first-order valence-electron chi connectivity index (χ1n) is 6.49. The Morgan fingerprint density at radius 1 is 1.26 bits per heavy atom. The quantitative estimate of drug-likeness (QED) is 0.870. The molecule has 5 heteroatoms. The number of hydrogen-bond donors (Lipinski definition) is 1. The smallest absolute Gasteiger partial charge is 0.411 e. The van der Waals surface area contributed by atoms with E-state index in [-0.39, 0.29) is 0 Å². The molecule has 1 aromatic rings. The van der Waals surface area contributed by atoms with Gasteiger partial charge in [0.15, 0.2) is 0 Å². The van der Waals surface area contributed by atoms with Crippen molar-refractivity contribution in [1.29, 1.82) is 0 Å². The minimum atomic E-state index is -0.969. The molecule has 0 heterocycles. The number of likely N-dealkylation sites (N-methyl/N-ethyl adjacent to an activating group) is 1. The monoisotopic (exact) mass is 284 g/mol. The number of para-hydroxylation sites is 1. The van der Waals surface area contributed by atoms with Crippen molar-refractivity contribution in [2.75, 3.05) is 31.1 Å². The van der Waals surface area contributed by atoms with E-state index in [0.29, 0.717) is 23.8 Å². The van der Waals surface area contributed by atoms with Crippen molar-refractivity contribution in [1.82, 2.24) is 4.90 Å². The van der Waals surface area contributed by atoms with Gasteiger partial charge in [0, 0.05) is 13.1 Å². The van der Waals surface area contributed by atoms with E-state index < -0.39 is 6.09 Å². The molecule has 0 atom stereocenters. The molecule has 106 valence electrons. The first kappa shape index (κ1) is 15.8. The van der Waals surface area contributed by atoms with Gasteiger partial charge >= 0.3 is 6.09 Å². The summed E-state index contributed by atoms with van der Waals surface area (Å²) in [5.74, 6) is 0. The van der Waals surface area contributed by atoms with E-state index in [0.717, 1.165) is 18.7 Å². The maximum Gasteiger partial charge on any atom is 0.411 e. The molecule has 4 nitrogen and oxygen atoms in total. The molecule has 0 unspecified atom stereocenters. The number of anilines is 1. The lowest BCUT2D eigenvalue weighted by Crippen LogP contribution is -2.38. The highest BCUT2D eigenvalue weighted by Gasteiger charge is 2.19. The van der Waals surface area contributed by atoms with Crippen LogP contribution in [0.2, 0.25) is 5.02 Å². The van der Waals surface area contributed by atoms with Crippen molar-refractivity contribution in [3.63, 3.8) is 0 Å². The highest BCUT2D eigenvalue weighted by Crippen LogP contribution is 2.29. The van der Waals surface area contributed by atoms with Gasteiger partial charge in [-0.1, -0.05) is 37.6 Å². The van der Waals surface area contributed by atoms with Crippen LogP contribution in [-0.2, 0) is 0 Å². The first-order chi connectivity index (χ1) is 9.01. The molecule has 0 radical (unpaired) electrons. The van der Waals surface area contributed by atoms with Crippen molar-refractivity contribution in [2.24, 2.45) is 0 Å². The summed E-state index contributed by atoms with van der Waals surface area (Å²) in [6, 6.07) is 5.41. The third-order valence-electron chi connectivity index (χ3n) is 3.22. The Morgan fingerprint density at radius 3 is 2.37 bits per heavy atom. The van der Waals surface area contributed by atoms with Crippen LogP contribution in [0.25, 0.3) is 0 Å². The molecule has 0 aliphatic rings. The Bertz CT molecular complexity index is 413. The van der Waals surface area contributed by atoms with Crippen LogP contribution in [-0.4, -0.2) is 42.3 Å². The summed E-state index contributed by atoms with van der Waals surface area (Å²) in [5, 5.41) is 9.86. The van der Waals surface area contributed by atoms with Gasteiger partial charge in [-0.2, -0.15) is 0 Å². The minimum Gasteiger partial charge on any atom is -0.465 e. The molecular weight excluding hydrogens is 264 g/mol. The zero-order valence-corrected chi connectivity index (χ0v) is 12.4. The molecule has 0 aromatic heterocycles. The van der Waals surface area contributed by atoms with Gasteiger partial charge in [-0.25, -0.2) is 4.79 Å². The molecule has 0 saturated heterocycles. The van der Waals surface area contributed by atoms with Gasteiger partial charge in [-0.05, 0) is 31.6 Å². The average molecular weight is 285 g/mol. The number of nitrogens with zero attached hydrogens (tertiary/aromatic N) is 2. The van der Waals surface area contributed by atoms with E-state index in [4.69, 9.17) is 11.6 Å². The average Bonchev–Trinajstić information content (AvgIpc) is 2.36. The predicted molar refractivity (Wildman–Crippen MR) is 79.3 cm³/mol. The lowest BCUT2D eigenvalue weighted by molar-refractivity contribution is 0.200. The van der Waals surface area contributed by atoms with E-state index in [1.165, 1.54) is 4.90 Å². The lowest BCUT2D eigenvalue weighted by Gasteiger charge is -2.26. The number of aryl methyl sites for hydroxylation is 1. The van der Waals surface area contributed by atoms with Crippen molar-refractivity contribution < 1.29 is 9.90 Å². The summed E-state index contributed by atoms with van der Waals surface area (Å²) >= 11 is 6.13. The predicted octanol–water partition coefficient (Wildman–Crippen LogP) is 3.47. The summed E-state index contributed by atoms with van der Waals surface area (Å²) in [4.78, 5) is 15.0. The Kier molecular flexibility index (Phi) is 6.12. The number of halogens is 1. The zero-order valence-electron chi connectivity index (χ0n) is 11.7. The van der Waals surface area contributed by atoms with Crippen LogP contribution in [0.3, 0.4) is 0 Å². The molecule has 0 bridgehead atoms. The summed E-state index contributed by atoms with van der Waals surface area (Å²) in [6.07, 6.45) is -0.969. The molecule has 0 aliphatic heterocycles. The SMILES string of the molecule is CCN(CC)CCN(C(=O)O)c1c(C)cccc1Cl. The number of rotatable bonds is 6. The Balaban J connectivity index is 2.92. The van der Waals surface area contributed by atoms with Crippen LogP contribution in [0.1, 0.15) is 19.4 Å². The third kappa shape index (κ3) is 4.11. The maximum atomic E-state index is 11.4. The lowest BCUT2D eigenvalue weighted by atomic mass is 10.2. The second-order valence-electron chi connectivity index (χ2n) is 4.37. The highest BCUT2D eigenvalue weighted by molar-refractivity contribution is 6.33. The molecule has 19 heavy (non-hydrogen) atoms. The molecule has 0 aliphatic carbocycles. The zero-order chi connectivity index (χ0) is 14.4. The standard InChI is InChI=1S/C14H21ClN2O2/c1-4-16(5-2)9-10-17(14(18)19)13-11(3)7-6-8-12(13)15/h6-8H,4-5,9-10H2,1-3H3,(H,18,19). The number of carbonyl (C=O) groups is 1. The van der Waals surface area contributed by atoms with Gasteiger partial charge < -0.3 is 10.0 Å². The summed E-state index contributed by atoms with van der Waals surface area (Å²) in [5.41, 5.74) is 1.46. The molecule has 1 rings (SSSR count). The molecule has 1 aromatic carbocycles. The molecule has 0 spiro atoms. The third-order valence-corrected chi connectivity index (χ3v) is 3.53. The Hall–Kier alpha value is -1.26. The molecule has 0 saturated carbocycles. The molecule has 1 N–H and O–H groups in total. The highest BCUT2D eigenvalue weighted by atomic mass is 35.5. The van der Waals surface area contributed by atoms with Gasteiger partial charge in [0.25, 0.3) is 0 Å². The number of benzene rings is 1. The number of hydrogen-bond acceptors (Lipinski definition) is 2. The largest absolute Gasteiger partial charge is 0.465 e. The van der Waals surface area contributed by atoms with Crippen LogP contribution in [0.5, 0.6) is 0 Å². The molecule has 1 amide bonds. The van der Waals surface area contributed by atoms with E-state index in [2.05, 4.69) is 18.7 Å². The summed E-state index contributed by atoms with van der Waals surface area (Å²) < 4.78 is 0. The van der Waals surface area contributed by atoms with E-state index in [9.17, 15) is 9.90 Å². The van der Waals surface area contributed by atoms with Crippen molar-refractivity contribution >= 4 is 23.4 Å². The second kappa shape index (κ2) is 7.36. The second-order valence-corrected chi connectivity index (χ2v) is 4.77. The van der Waals surface area contributed by atoms with Crippen LogP contribution >= 0.6 is 11.6 Å². The molecular formula is C14H21ClN2O2. The van der Waals surface area contributed by atoms with Crippen LogP contribution in [0.4, 0.5) is 10.5 Å². The number of amides is 1. The van der Waals surface area contributed by atoms with Crippen molar-refractivity contribution in [3.05, 3.63) is 28.8 Å². The fourth-order valence-corrected chi connectivity index (χ4v) is 2.37. The van der Waals surface area contributed by atoms with E-state index in [1.54, 1.807) is 6.07 Å². The maximum absolute atomic E-state index is 11.4. The van der Waals surface area contributed by atoms with Gasteiger partial charge in [0.05, 0.1) is 10.7 Å². The van der Waals surface area contributed by atoms with E-state index >= 15 is 0 Å². The fraction of sp³-hybridized carbons (Fsp3) is 0.500. The molecule has 0 fully saturated rings. The Labute approximate surface area is 119 Å². The van der Waals surface area contributed by atoms with E-state index in [1.807, 2.05) is 19.1 Å². The van der Waals surface area contributed by atoms with Crippen LogP contribution in [0, 0.1) is 6.92 Å². The van der Waals surface area contributed by atoms with Crippen LogP contribution < -0.4 is 4.90 Å². The van der Waals surface area contributed by atoms with Crippen LogP contribution in [0.15, 0.2) is 18.2 Å². The Morgan fingerprint density at radius 2 is 1.89 bits per heavy atom. The minimum absolute atomic E-state index is 0.418. The summed E-state index contributed by atoms with van der Waals surface area (Å²) in [7, 11) is 0. The van der Waals surface area contributed by atoms with Gasteiger partial charge in [-0.3, -0.25) is 4.90 Å². The number of carboxylic acid groups (broad SMARTS) is 1. The van der Waals surface area contributed by atoms with Gasteiger partial charge in [0.1, 0.15) is 0 Å². The normalized spacial score (nSPS) is 10.8. The van der Waals surface area contributed by atoms with Crippen molar-refractivity contribution in [2.45, 2.75) is 20.8 Å².